The normalized spacial score (nSPS) is 20.5. The highest BCUT2D eigenvalue weighted by Gasteiger charge is 2.46. The molecule has 0 amide bonds. The van der Waals surface area contributed by atoms with Crippen LogP contribution in [0.1, 0.15) is 20.8 Å². The molecule has 7 heteroatoms. The molecule has 0 saturated carbocycles. The maximum absolute atomic E-state index is 12.9. The first kappa shape index (κ1) is 15.7. The van der Waals surface area contributed by atoms with Crippen molar-refractivity contribution in [2.75, 3.05) is 26.3 Å². The van der Waals surface area contributed by atoms with Crippen molar-refractivity contribution in [3.63, 3.8) is 0 Å². The average molecular weight is 329 g/mol. The number of carbonyl (C=O) groups is 1. The van der Waals surface area contributed by atoms with Crippen LogP contribution in [0, 0.1) is 0 Å². The summed E-state index contributed by atoms with van der Waals surface area (Å²) in [7, 11) is 0. The van der Waals surface area contributed by atoms with Crippen LogP contribution in [0.15, 0.2) is 30.3 Å². The first-order valence-electron chi connectivity index (χ1n) is 8.42. The van der Waals surface area contributed by atoms with E-state index in [2.05, 4.69) is 4.81 Å². The summed E-state index contributed by atoms with van der Waals surface area (Å²) in [6.45, 7) is 6.66. The molecule has 2 aromatic rings. The monoisotopic (exact) mass is 329 g/mol. The molecule has 3 heterocycles. The predicted molar refractivity (Wildman–Crippen MR) is 92.4 cm³/mol. The lowest BCUT2D eigenvalue weighted by Gasteiger charge is -2.37. The Balaban J connectivity index is 1.89. The van der Waals surface area contributed by atoms with Gasteiger partial charge in [0.2, 0.25) is 0 Å². The van der Waals surface area contributed by atoms with Gasteiger partial charge in [-0.15, -0.1) is 0 Å². The second-order valence-corrected chi connectivity index (χ2v) is 7.39. The second kappa shape index (κ2) is 5.34. The van der Waals surface area contributed by atoms with Gasteiger partial charge in [0, 0.05) is 13.2 Å². The van der Waals surface area contributed by atoms with Gasteiger partial charge in [0.15, 0.2) is 0 Å². The van der Waals surface area contributed by atoms with Crippen molar-refractivity contribution in [2.24, 2.45) is 0 Å². The minimum Gasteiger partial charge on any atom is -0.549 e. The molecular formula is C17H22BN2O4-. The fraction of sp³-hybridized carbons (Fsp3) is 0.471. The van der Waals surface area contributed by atoms with Gasteiger partial charge >= 0.3 is 12.8 Å². The maximum Gasteiger partial charge on any atom is 0.416 e. The number of benzene rings is 1. The van der Waals surface area contributed by atoms with Crippen LogP contribution in [-0.2, 0) is 14.0 Å². The topological polar surface area (TPSA) is 52.9 Å². The maximum atomic E-state index is 12.9. The number of rotatable bonds is 1. The Morgan fingerprint density at radius 2 is 1.83 bits per heavy atom. The van der Waals surface area contributed by atoms with Gasteiger partial charge in [-0.25, -0.2) is 4.79 Å². The molecule has 0 unspecified atom stereocenters. The van der Waals surface area contributed by atoms with Gasteiger partial charge in [0.05, 0.1) is 5.52 Å². The van der Waals surface area contributed by atoms with E-state index in [-0.39, 0.29) is 0 Å². The van der Waals surface area contributed by atoms with Crippen molar-refractivity contribution >= 4 is 29.3 Å². The molecule has 0 aliphatic carbocycles. The molecule has 2 aliphatic rings. The van der Waals surface area contributed by atoms with Crippen LogP contribution < -0.4 is 5.59 Å². The zero-order valence-corrected chi connectivity index (χ0v) is 14.3. The van der Waals surface area contributed by atoms with Gasteiger partial charge in [-0.2, -0.15) is 0 Å². The third-order valence-electron chi connectivity index (χ3n) is 4.61. The van der Waals surface area contributed by atoms with Crippen molar-refractivity contribution in [1.82, 2.24) is 9.38 Å². The molecule has 4 rings (SSSR count). The highest BCUT2D eigenvalue weighted by molar-refractivity contribution is 6.79. The third kappa shape index (κ3) is 2.35. The summed E-state index contributed by atoms with van der Waals surface area (Å²) in [5, 5.41) is 0.973. The summed E-state index contributed by atoms with van der Waals surface area (Å²) >= 11 is 0. The van der Waals surface area contributed by atoms with Crippen LogP contribution >= 0.6 is 0 Å². The summed E-state index contributed by atoms with van der Waals surface area (Å²) in [5.41, 5.74) is 0.973. The van der Waals surface area contributed by atoms with Crippen LogP contribution in [0.25, 0.3) is 10.9 Å². The van der Waals surface area contributed by atoms with E-state index in [1.807, 2.05) is 51.1 Å². The fourth-order valence-corrected chi connectivity index (χ4v) is 3.68. The molecule has 6 nitrogen and oxygen atoms in total. The van der Waals surface area contributed by atoms with E-state index < -0.39 is 18.4 Å². The van der Waals surface area contributed by atoms with Gasteiger partial charge in [0.25, 0.3) is 0 Å². The molecule has 1 aromatic carbocycles. The number of carbonyl (C=O) groups excluding carboxylic acids is 1. The molecule has 0 atom stereocenters. The standard InChI is InChI=1S/C17H22BN2O4/c1-17(2,3)24-16(21)20-14-7-5-4-6-13(14)12-15(20)18-19(8-10-22-18)9-11-23-18/h4-7,12H,8-11H2,1-3H3/q-1. The Labute approximate surface area is 141 Å². The smallest absolute Gasteiger partial charge is 0.416 e. The number of nitrogens with zero attached hydrogens (tertiary/aromatic N) is 2. The number of hydrogen-bond donors (Lipinski definition) is 0. The predicted octanol–water partition coefficient (Wildman–Crippen LogP) is 1.93. The van der Waals surface area contributed by atoms with Gasteiger partial charge in [-0.3, -0.25) is 4.57 Å². The van der Waals surface area contributed by atoms with Crippen LogP contribution in [0.3, 0.4) is 0 Å². The van der Waals surface area contributed by atoms with Crippen LogP contribution in [0.4, 0.5) is 4.79 Å². The van der Waals surface area contributed by atoms with Crippen molar-refractivity contribution in [3.05, 3.63) is 30.3 Å². The summed E-state index contributed by atoms with van der Waals surface area (Å²) in [6, 6.07) is 9.77. The van der Waals surface area contributed by atoms with Crippen LogP contribution in [-0.4, -0.2) is 54.1 Å². The van der Waals surface area contributed by atoms with Crippen molar-refractivity contribution in [1.29, 1.82) is 0 Å². The quantitative estimate of drug-likeness (QED) is 0.749. The highest BCUT2D eigenvalue weighted by Crippen LogP contribution is 2.28. The van der Waals surface area contributed by atoms with Crippen molar-refractivity contribution < 1.29 is 18.8 Å². The average Bonchev–Trinajstić information content (AvgIpc) is 3.16. The first-order chi connectivity index (χ1) is 11.4. The molecule has 0 N–H and O–H groups in total. The van der Waals surface area contributed by atoms with Gasteiger partial charge in [-0.1, -0.05) is 29.9 Å². The van der Waals surface area contributed by atoms with E-state index >= 15 is 0 Å². The Kier molecular flexibility index (Phi) is 3.49. The molecule has 0 radical (unpaired) electrons. The van der Waals surface area contributed by atoms with Gasteiger partial charge < -0.3 is 18.9 Å². The molecule has 24 heavy (non-hydrogen) atoms. The van der Waals surface area contributed by atoms with Crippen molar-refractivity contribution in [3.8, 4) is 0 Å². The number of ether oxygens (including phenoxy) is 1. The molecule has 2 aliphatic heterocycles. The number of fused-ring (bicyclic) bond motifs is 2. The lowest BCUT2D eigenvalue weighted by atomic mass is 9.67. The molecule has 2 saturated heterocycles. The van der Waals surface area contributed by atoms with E-state index in [9.17, 15) is 4.79 Å². The van der Waals surface area contributed by atoms with E-state index in [0.717, 1.165) is 29.6 Å². The van der Waals surface area contributed by atoms with Crippen LogP contribution in [0.5, 0.6) is 0 Å². The minimum atomic E-state index is -1.78. The molecule has 128 valence electrons. The number of aromatic nitrogens is 1. The Morgan fingerprint density at radius 3 is 2.50 bits per heavy atom. The molecular weight excluding hydrogens is 307 g/mol. The first-order valence-corrected chi connectivity index (χ1v) is 8.42. The summed E-state index contributed by atoms with van der Waals surface area (Å²) in [5.74, 6) is 0. The Hall–Kier alpha value is -1.83. The zero-order chi connectivity index (χ0) is 16.9. The second-order valence-electron chi connectivity index (χ2n) is 7.39. The summed E-state index contributed by atoms with van der Waals surface area (Å²) < 4.78 is 19.3. The lowest BCUT2D eigenvalue weighted by molar-refractivity contribution is 0.0546. The summed E-state index contributed by atoms with van der Waals surface area (Å²) in [4.78, 5) is 15.1. The molecule has 0 bridgehead atoms. The van der Waals surface area contributed by atoms with Crippen molar-refractivity contribution in [2.45, 2.75) is 26.4 Å². The van der Waals surface area contributed by atoms with E-state index in [1.54, 1.807) is 4.57 Å². The van der Waals surface area contributed by atoms with E-state index in [0.29, 0.717) is 13.2 Å². The van der Waals surface area contributed by atoms with Crippen LogP contribution in [0.2, 0.25) is 0 Å². The molecule has 0 spiro atoms. The van der Waals surface area contributed by atoms with E-state index in [4.69, 9.17) is 14.0 Å². The zero-order valence-electron chi connectivity index (χ0n) is 14.3. The fourth-order valence-electron chi connectivity index (χ4n) is 3.68. The molecule has 1 aromatic heterocycles. The third-order valence-corrected chi connectivity index (χ3v) is 4.61. The SMILES string of the molecule is CC(C)(C)OC(=O)n1c([B-]23OCCN2CCO3)cc2ccccc21. The van der Waals surface area contributed by atoms with Gasteiger partial charge in [0.1, 0.15) is 5.60 Å². The summed E-state index contributed by atoms with van der Waals surface area (Å²) in [6.07, 6.45) is -0.402. The number of para-hydroxylation sites is 1. The largest absolute Gasteiger partial charge is 0.549 e. The minimum absolute atomic E-state index is 0.402. The highest BCUT2D eigenvalue weighted by atomic mass is 16.6. The lowest BCUT2D eigenvalue weighted by Crippen LogP contribution is -2.61. The van der Waals surface area contributed by atoms with E-state index in [1.165, 1.54) is 0 Å². The van der Waals surface area contributed by atoms with Gasteiger partial charge in [-0.05, 0) is 45.3 Å². The Morgan fingerprint density at radius 1 is 1.17 bits per heavy atom. The molecule has 2 fully saturated rings. The Bertz CT molecular complexity index is 785. The number of hydrogen-bond acceptors (Lipinski definition) is 5.